The number of aromatic nitrogens is 3. The Balaban J connectivity index is 1.52. The Kier molecular flexibility index (Phi) is 4.13. The van der Waals surface area contributed by atoms with Crippen LogP contribution in [0.3, 0.4) is 0 Å². The monoisotopic (exact) mass is 299 g/mol. The van der Waals surface area contributed by atoms with Crippen LogP contribution in [0.4, 0.5) is 5.95 Å². The third-order valence-corrected chi connectivity index (χ3v) is 3.34. The molecule has 7 nitrogen and oxygen atoms in total. The molecule has 0 unspecified atom stereocenters. The van der Waals surface area contributed by atoms with Crippen molar-refractivity contribution in [2.45, 2.75) is 13.0 Å². The number of carbonyl (C=O) groups excluding carboxylic acids is 1. The summed E-state index contributed by atoms with van der Waals surface area (Å²) in [4.78, 5) is 26.4. The normalized spacial score (nSPS) is 14.3. The second-order valence-corrected chi connectivity index (χ2v) is 4.94. The SMILES string of the molecule is CCOc1ccc(C(=O)N2CC(Nc3ncccn3)C2)cn1. The molecule has 1 aliphatic rings. The number of pyridine rings is 1. The highest BCUT2D eigenvalue weighted by molar-refractivity contribution is 5.94. The van der Waals surface area contributed by atoms with Crippen LogP contribution in [-0.4, -0.2) is 51.5 Å². The molecule has 3 heterocycles. The van der Waals surface area contributed by atoms with Gasteiger partial charge in [0.2, 0.25) is 11.8 Å². The second kappa shape index (κ2) is 6.38. The lowest BCUT2D eigenvalue weighted by Crippen LogP contribution is -2.57. The zero-order valence-corrected chi connectivity index (χ0v) is 12.3. The van der Waals surface area contributed by atoms with E-state index < -0.39 is 0 Å². The summed E-state index contributed by atoms with van der Waals surface area (Å²) in [5, 5.41) is 3.19. The number of hydrogen-bond acceptors (Lipinski definition) is 6. The molecule has 3 rings (SSSR count). The van der Waals surface area contributed by atoms with E-state index in [0.29, 0.717) is 37.1 Å². The van der Waals surface area contributed by atoms with Gasteiger partial charge in [-0.05, 0) is 19.1 Å². The van der Waals surface area contributed by atoms with Crippen LogP contribution < -0.4 is 10.1 Å². The van der Waals surface area contributed by atoms with Gasteiger partial charge in [-0.3, -0.25) is 4.79 Å². The fraction of sp³-hybridized carbons (Fsp3) is 0.333. The lowest BCUT2D eigenvalue weighted by molar-refractivity contribution is 0.0624. The number of ether oxygens (including phenoxy) is 1. The van der Waals surface area contributed by atoms with Crippen LogP contribution in [0.25, 0.3) is 0 Å². The zero-order chi connectivity index (χ0) is 15.4. The third-order valence-electron chi connectivity index (χ3n) is 3.34. The molecule has 0 atom stereocenters. The molecule has 0 bridgehead atoms. The highest BCUT2D eigenvalue weighted by Gasteiger charge is 2.31. The van der Waals surface area contributed by atoms with Crippen LogP contribution in [-0.2, 0) is 0 Å². The molecule has 114 valence electrons. The molecule has 0 aromatic carbocycles. The summed E-state index contributed by atoms with van der Waals surface area (Å²) in [6, 6.07) is 5.40. The summed E-state index contributed by atoms with van der Waals surface area (Å²) < 4.78 is 5.26. The number of carbonyl (C=O) groups is 1. The maximum atomic E-state index is 12.3. The average Bonchev–Trinajstić information content (AvgIpc) is 2.52. The first kappa shape index (κ1) is 14.2. The molecule has 2 aromatic heterocycles. The van der Waals surface area contributed by atoms with Gasteiger partial charge in [0, 0.05) is 37.7 Å². The van der Waals surface area contributed by atoms with Crippen molar-refractivity contribution < 1.29 is 9.53 Å². The van der Waals surface area contributed by atoms with Crippen molar-refractivity contribution >= 4 is 11.9 Å². The van der Waals surface area contributed by atoms with Crippen LogP contribution in [0.1, 0.15) is 17.3 Å². The Bertz CT molecular complexity index is 626. The molecule has 1 amide bonds. The molecule has 1 N–H and O–H groups in total. The smallest absolute Gasteiger partial charge is 0.255 e. The van der Waals surface area contributed by atoms with Crippen LogP contribution in [0.5, 0.6) is 5.88 Å². The van der Waals surface area contributed by atoms with E-state index in [4.69, 9.17) is 4.74 Å². The highest BCUT2D eigenvalue weighted by atomic mass is 16.5. The topological polar surface area (TPSA) is 80.2 Å². The molecule has 1 aliphatic heterocycles. The number of anilines is 1. The molecule has 2 aromatic rings. The third kappa shape index (κ3) is 3.13. The van der Waals surface area contributed by atoms with Gasteiger partial charge >= 0.3 is 0 Å². The zero-order valence-electron chi connectivity index (χ0n) is 12.3. The van der Waals surface area contributed by atoms with Gasteiger partial charge < -0.3 is 15.0 Å². The van der Waals surface area contributed by atoms with E-state index in [1.807, 2.05) is 6.92 Å². The first-order chi connectivity index (χ1) is 10.8. The number of likely N-dealkylation sites (tertiary alicyclic amines) is 1. The van der Waals surface area contributed by atoms with Crippen molar-refractivity contribution in [3.05, 3.63) is 42.4 Å². The predicted octanol–water partition coefficient (Wildman–Crippen LogP) is 1.21. The summed E-state index contributed by atoms with van der Waals surface area (Å²) in [6.07, 6.45) is 4.92. The first-order valence-electron chi connectivity index (χ1n) is 7.18. The largest absolute Gasteiger partial charge is 0.478 e. The van der Waals surface area contributed by atoms with Gasteiger partial charge in [-0.25, -0.2) is 15.0 Å². The summed E-state index contributed by atoms with van der Waals surface area (Å²) >= 11 is 0. The Hall–Kier alpha value is -2.70. The maximum absolute atomic E-state index is 12.3. The first-order valence-corrected chi connectivity index (χ1v) is 7.18. The van der Waals surface area contributed by atoms with E-state index >= 15 is 0 Å². The Morgan fingerprint density at radius 2 is 2.09 bits per heavy atom. The van der Waals surface area contributed by atoms with Gasteiger partial charge in [0.25, 0.3) is 5.91 Å². The van der Waals surface area contributed by atoms with Gasteiger partial charge in [0.15, 0.2) is 0 Å². The van der Waals surface area contributed by atoms with Crippen LogP contribution in [0.2, 0.25) is 0 Å². The lowest BCUT2D eigenvalue weighted by atomic mass is 10.1. The fourth-order valence-electron chi connectivity index (χ4n) is 2.21. The minimum atomic E-state index is -0.0254. The highest BCUT2D eigenvalue weighted by Crippen LogP contribution is 2.16. The van der Waals surface area contributed by atoms with Gasteiger partial charge in [-0.15, -0.1) is 0 Å². The summed E-state index contributed by atoms with van der Waals surface area (Å²) in [7, 11) is 0. The molecule has 0 aliphatic carbocycles. The van der Waals surface area contributed by atoms with Crippen molar-refractivity contribution in [2.75, 3.05) is 25.0 Å². The van der Waals surface area contributed by atoms with Crippen LogP contribution in [0, 0.1) is 0 Å². The minimum absolute atomic E-state index is 0.0254. The molecule has 7 heteroatoms. The Labute approximate surface area is 128 Å². The van der Waals surface area contributed by atoms with E-state index in [0.717, 1.165) is 0 Å². The van der Waals surface area contributed by atoms with E-state index in [9.17, 15) is 4.79 Å². The summed E-state index contributed by atoms with van der Waals surface area (Å²) in [6.45, 7) is 3.71. The Morgan fingerprint density at radius 3 is 2.73 bits per heavy atom. The standard InChI is InChI=1S/C15H17N5O2/c1-2-22-13-5-4-11(8-18-13)14(21)20-9-12(10-20)19-15-16-6-3-7-17-15/h3-8,12H,2,9-10H2,1H3,(H,16,17,19). The number of amides is 1. The van der Waals surface area contributed by atoms with Gasteiger partial charge in [-0.2, -0.15) is 0 Å². The quantitative estimate of drug-likeness (QED) is 0.894. The number of rotatable bonds is 5. The van der Waals surface area contributed by atoms with Crippen molar-refractivity contribution in [1.29, 1.82) is 0 Å². The number of hydrogen-bond donors (Lipinski definition) is 1. The van der Waals surface area contributed by atoms with Crippen LogP contribution >= 0.6 is 0 Å². The fourth-order valence-corrected chi connectivity index (χ4v) is 2.21. The minimum Gasteiger partial charge on any atom is -0.478 e. The summed E-state index contributed by atoms with van der Waals surface area (Å²) in [5.41, 5.74) is 0.567. The Morgan fingerprint density at radius 1 is 1.32 bits per heavy atom. The molecular formula is C15H17N5O2. The van der Waals surface area contributed by atoms with Crippen molar-refractivity contribution in [1.82, 2.24) is 19.9 Å². The number of nitrogens with zero attached hydrogens (tertiary/aromatic N) is 4. The predicted molar refractivity (Wildman–Crippen MR) is 80.8 cm³/mol. The van der Waals surface area contributed by atoms with Crippen molar-refractivity contribution in [3.63, 3.8) is 0 Å². The molecule has 0 radical (unpaired) electrons. The second-order valence-electron chi connectivity index (χ2n) is 4.94. The molecular weight excluding hydrogens is 282 g/mol. The van der Waals surface area contributed by atoms with Gasteiger partial charge in [0.05, 0.1) is 18.2 Å². The van der Waals surface area contributed by atoms with Crippen molar-refractivity contribution in [3.8, 4) is 5.88 Å². The average molecular weight is 299 g/mol. The maximum Gasteiger partial charge on any atom is 0.255 e. The molecule has 1 saturated heterocycles. The lowest BCUT2D eigenvalue weighted by Gasteiger charge is -2.39. The van der Waals surface area contributed by atoms with Crippen LogP contribution in [0.15, 0.2) is 36.8 Å². The molecule has 0 saturated carbocycles. The van der Waals surface area contributed by atoms with Crippen molar-refractivity contribution in [2.24, 2.45) is 0 Å². The van der Waals surface area contributed by atoms with Gasteiger partial charge in [-0.1, -0.05) is 0 Å². The van der Waals surface area contributed by atoms with E-state index in [1.165, 1.54) is 0 Å². The molecule has 1 fully saturated rings. The van der Waals surface area contributed by atoms with E-state index in [1.54, 1.807) is 41.7 Å². The number of nitrogens with one attached hydrogen (secondary N) is 1. The van der Waals surface area contributed by atoms with E-state index in [2.05, 4.69) is 20.3 Å². The molecule has 0 spiro atoms. The molecule has 22 heavy (non-hydrogen) atoms. The summed E-state index contributed by atoms with van der Waals surface area (Å²) in [5.74, 6) is 1.09. The van der Waals surface area contributed by atoms with Gasteiger partial charge in [0.1, 0.15) is 0 Å². The van der Waals surface area contributed by atoms with E-state index in [-0.39, 0.29) is 11.9 Å².